The third-order valence-corrected chi connectivity index (χ3v) is 4.49. The van der Waals surface area contributed by atoms with Crippen molar-refractivity contribution in [2.24, 2.45) is 0 Å². The number of carbonyl (C=O) groups is 2. The van der Waals surface area contributed by atoms with E-state index in [0.29, 0.717) is 40.7 Å². The van der Waals surface area contributed by atoms with E-state index in [1.165, 1.54) is 21.3 Å². The van der Waals surface area contributed by atoms with Gasteiger partial charge in [-0.1, -0.05) is 19.8 Å². The summed E-state index contributed by atoms with van der Waals surface area (Å²) in [5, 5.41) is 5.41. The van der Waals surface area contributed by atoms with Crippen molar-refractivity contribution < 1.29 is 28.5 Å². The number of urea groups is 1. The largest absolute Gasteiger partial charge is 0.493 e. The summed E-state index contributed by atoms with van der Waals surface area (Å²) in [5.41, 5.74) is 1.40. The van der Waals surface area contributed by atoms with Crippen LogP contribution in [-0.2, 0) is 9.53 Å². The molecule has 28 heavy (non-hydrogen) atoms. The van der Waals surface area contributed by atoms with E-state index in [1.54, 1.807) is 19.1 Å². The molecular formula is C20H28N2O6. The van der Waals surface area contributed by atoms with Gasteiger partial charge in [-0.15, -0.1) is 0 Å². The van der Waals surface area contributed by atoms with E-state index in [-0.39, 0.29) is 0 Å². The van der Waals surface area contributed by atoms with Crippen LogP contribution in [0.5, 0.6) is 17.2 Å². The van der Waals surface area contributed by atoms with Gasteiger partial charge < -0.3 is 29.6 Å². The van der Waals surface area contributed by atoms with Gasteiger partial charge in [0.2, 0.25) is 5.75 Å². The lowest BCUT2D eigenvalue weighted by molar-refractivity contribution is -0.139. The lowest BCUT2D eigenvalue weighted by atomic mass is 9.95. The molecule has 1 aliphatic heterocycles. The predicted octanol–water partition coefficient (Wildman–Crippen LogP) is 3.07. The number of hydrogen-bond acceptors (Lipinski definition) is 6. The van der Waals surface area contributed by atoms with Crippen molar-refractivity contribution >= 4 is 12.0 Å². The maximum absolute atomic E-state index is 12.7. The molecule has 2 rings (SSSR count). The molecule has 2 amide bonds. The standard InChI is InChI=1S/C20H28N2O6/c1-6-7-8-9-28-19(23)16-12(2)21-20(24)22-17(16)13-10-14(25-3)18(27-5)15(11-13)26-4/h10-11,17H,6-9H2,1-5H3,(H2,21,22,24)/t17-/m0/s1. The van der Waals surface area contributed by atoms with Crippen LogP contribution >= 0.6 is 0 Å². The Morgan fingerprint density at radius 3 is 2.25 bits per heavy atom. The average molecular weight is 392 g/mol. The molecule has 0 saturated heterocycles. The number of nitrogens with one attached hydrogen (secondary N) is 2. The van der Waals surface area contributed by atoms with Crippen molar-refractivity contribution in [3.05, 3.63) is 29.0 Å². The minimum atomic E-state index is -0.707. The van der Waals surface area contributed by atoms with Gasteiger partial charge in [0.15, 0.2) is 11.5 Å². The maximum Gasteiger partial charge on any atom is 0.338 e. The second kappa shape index (κ2) is 9.87. The van der Waals surface area contributed by atoms with E-state index in [2.05, 4.69) is 17.6 Å². The summed E-state index contributed by atoms with van der Waals surface area (Å²) in [7, 11) is 4.52. The average Bonchev–Trinajstić information content (AvgIpc) is 2.69. The molecule has 154 valence electrons. The number of allylic oxidation sites excluding steroid dienone is 1. The Bertz CT molecular complexity index is 734. The molecule has 0 saturated carbocycles. The van der Waals surface area contributed by atoms with Gasteiger partial charge in [-0.05, 0) is 31.0 Å². The fourth-order valence-electron chi connectivity index (χ4n) is 3.08. The molecule has 0 aliphatic carbocycles. The molecular weight excluding hydrogens is 364 g/mol. The predicted molar refractivity (Wildman–Crippen MR) is 104 cm³/mol. The second-order valence-corrected chi connectivity index (χ2v) is 6.37. The highest BCUT2D eigenvalue weighted by Gasteiger charge is 2.33. The van der Waals surface area contributed by atoms with Gasteiger partial charge in [0.25, 0.3) is 0 Å². The fourth-order valence-corrected chi connectivity index (χ4v) is 3.08. The van der Waals surface area contributed by atoms with Gasteiger partial charge in [0, 0.05) is 5.70 Å². The van der Waals surface area contributed by atoms with E-state index >= 15 is 0 Å². The third kappa shape index (κ3) is 4.68. The van der Waals surface area contributed by atoms with Crippen molar-refractivity contribution in [3.63, 3.8) is 0 Å². The van der Waals surface area contributed by atoms with Crippen LogP contribution in [0, 0.1) is 0 Å². The van der Waals surface area contributed by atoms with E-state index in [9.17, 15) is 9.59 Å². The molecule has 0 fully saturated rings. The minimum absolute atomic E-state index is 0.333. The molecule has 2 N–H and O–H groups in total. The van der Waals surface area contributed by atoms with Gasteiger partial charge in [-0.3, -0.25) is 0 Å². The van der Waals surface area contributed by atoms with Crippen LogP contribution in [0.4, 0.5) is 4.79 Å². The topological polar surface area (TPSA) is 95.1 Å². The van der Waals surface area contributed by atoms with E-state index in [0.717, 1.165) is 19.3 Å². The van der Waals surface area contributed by atoms with Crippen molar-refractivity contribution in [1.29, 1.82) is 0 Å². The summed E-state index contributed by atoms with van der Waals surface area (Å²) >= 11 is 0. The summed E-state index contributed by atoms with van der Waals surface area (Å²) in [6.45, 7) is 4.08. The maximum atomic E-state index is 12.7. The second-order valence-electron chi connectivity index (χ2n) is 6.37. The smallest absolute Gasteiger partial charge is 0.338 e. The fraction of sp³-hybridized carbons (Fsp3) is 0.500. The number of unbranched alkanes of at least 4 members (excludes halogenated alkanes) is 2. The Balaban J connectivity index is 2.41. The highest BCUT2D eigenvalue weighted by atomic mass is 16.5. The summed E-state index contributed by atoms with van der Waals surface area (Å²) in [6.07, 6.45) is 2.81. The Morgan fingerprint density at radius 2 is 1.71 bits per heavy atom. The highest BCUT2D eigenvalue weighted by Crippen LogP contribution is 2.41. The Morgan fingerprint density at radius 1 is 1.07 bits per heavy atom. The zero-order valence-corrected chi connectivity index (χ0v) is 17.0. The molecule has 0 unspecified atom stereocenters. The number of rotatable bonds is 9. The summed E-state index contributed by atoms with van der Waals surface area (Å²) in [4.78, 5) is 24.8. The van der Waals surface area contributed by atoms with Crippen LogP contribution in [0.2, 0.25) is 0 Å². The molecule has 0 aromatic heterocycles. The van der Waals surface area contributed by atoms with Gasteiger partial charge in [0.1, 0.15) is 0 Å². The summed E-state index contributed by atoms with van der Waals surface area (Å²) < 4.78 is 21.5. The summed E-state index contributed by atoms with van der Waals surface area (Å²) in [6, 6.07) is 2.30. The van der Waals surface area contributed by atoms with E-state index < -0.39 is 18.0 Å². The van der Waals surface area contributed by atoms with Crippen LogP contribution in [0.15, 0.2) is 23.4 Å². The zero-order valence-electron chi connectivity index (χ0n) is 17.0. The van der Waals surface area contributed by atoms with Crippen molar-refractivity contribution in [2.75, 3.05) is 27.9 Å². The van der Waals surface area contributed by atoms with Gasteiger partial charge in [0.05, 0.1) is 39.6 Å². The number of esters is 1. The molecule has 1 aromatic rings. The number of hydrogen-bond donors (Lipinski definition) is 2. The molecule has 1 aliphatic rings. The van der Waals surface area contributed by atoms with E-state index in [4.69, 9.17) is 18.9 Å². The first kappa shape index (κ1) is 21.4. The van der Waals surface area contributed by atoms with Crippen LogP contribution in [0.1, 0.15) is 44.7 Å². The number of carbonyl (C=O) groups excluding carboxylic acids is 2. The van der Waals surface area contributed by atoms with Crippen LogP contribution < -0.4 is 24.8 Å². The molecule has 0 radical (unpaired) electrons. The highest BCUT2D eigenvalue weighted by molar-refractivity contribution is 5.95. The van der Waals surface area contributed by atoms with Gasteiger partial charge >= 0.3 is 12.0 Å². The molecule has 8 nitrogen and oxygen atoms in total. The number of methoxy groups -OCH3 is 3. The monoisotopic (exact) mass is 392 g/mol. The number of ether oxygens (including phenoxy) is 4. The van der Waals surface area contributed by atoms with Gasteiger partial charge in [-0.2, -0.15) is 0 Å². The lowest BCUT2D eigenvalue weighted by Gasteiger charge is -2.29. The summed E-state index contributed by atoms with van der Waals surface area (Å²) in [5.74, 6) is 0.814. The third-order valence-electron chi connectivity index (χ3n) is 4.49. The lowest BCUT2D eigenvalue weighted by Crippen LogP contribution is -2.45. The Hall–Kier alpha value is -2.90. The Labute approximate surface area is 165 Å². The first-order valence-electron chi connectivity index (χ1n) is 9.22. The first-order valence-corrected chi connectivity index (χ1v) is 9.22. The normalized spacial score (nSPS) is 16.2. The van der Waals surface area contributed by atoms with Gasteiger partial charge in [-0.25, -0.2) is 9.59 Å². The molecule has 1 aromatic carbocycles. The Kier molecular flexibility index (Phi) is 7.54. The van der Waals surface area contributed by atoms with Crippen molar-refractivity contribution in [2.45, 2.75) is 39.2 Å². The number of benzene rings is 1. The number of amides is 2. The van der Waals surface area contributed by atoms with Crippen LogP contribution in [0.3, 0.4) is 0 Å². The quantitative estimate of drug-likeness (QED) is 0.495. The van der Waals surface area contributed by atoms with E-state index in [1.807, 2.05) is 0 Å². The van der Waals surface area contributed by atoms with Crippen molar-refractivity contribution in [1.82, 2.24) is 10.6 Å². The molecule has 1 heterocycles. The van der Waals surface area contributed by atoms with Crippen LogP contribution in [0.25, 0.3) is 0 Å². The minimum Gasteiger partial charge on any atom is -0.493 e. The van der Waals surface area contributed by atoms with Crippen LogP contribution in [-0.4, -0.2) is 39.9 Å². The molecule has 1 atom stereocenters. The first-order chi connectivity index (χ1) is 13.5. The van der Waals surface area contributed by atoms with Crippen molar-refractivity contribution in [3.8, 4) is 17.2 Å². The molecule has 0 spiro atoms. The zero-order chi connectivity index (χ0) is 20.7. The molecule has 8 heteroatoms. The SMILES string of the molecule is CCCCCOC(=O)C1=C(C)NC(=O)N[C@H]1c1cc(OC)c(OC)c(OC)c1. The molecule has 0 bridgehead atoms.